The molecule has 0 radical (unpaired) electrons. The normalized spacial score (nSPS) is 11.4. The van der Waals surface area contributed by atoms with Gasteiger partial charge in [0, 0.05) is 29.3 Å². The smallest absolute Gasteiger partial charge is 0.205 e. The number of hydrogen-bond donors (Lipinski definition) is 1. The lowest BCUT2D eigenvalue weighted by Crippen LogP contribution is -2.01. The summed E-state index contributed by atoms with van der Waals surface area (Å²) < 4.78 is 4.27. The molecule has 2 N–H and O–H groups in total. The number of para-hydroxylation sites is 2. The van der Waals surface area contributed by atoms with Crippen molar-refractivity contribution in [2.75, 3.05) is 5.73 Å². The van der Waals surface area contributed by atoms with Gasteiger partial charge >= 0.3 is 0 Å². The van der Waals surface area contributed by atoms with Crippen molar-refractivity contribution in [3.63, 3.8) is 0 Å². The van der Waals surface area contributed by atoms with Crippen LogP contribution in [0, 0.1) is 0 Å². The maximum atomic E-state index is 6.18. The first-order chi connectivity index (χ1) is 12.8. The number of imidazole rings is 1. The summed E-state index contributed by atoms with van der Waals surface area (Å²) in [7, 11) is 0. The van der Waals surface area contributed by atoms with Crippen LogP contribution in [-0.2, 0) is 6.54 Å². The molecule has 0 spiro atoms. The zero-order valence-electron chi connectivity index (χ0n) is 14.2. The Morgan fingerprint density at radius 3 is 2.50 bits per heavy atom. The summed E-state index contributed by atoms with van der Waals surface area (Å²) in [5.41, 5.74) is 11.6. The molecule has 2 aromatic heterocycles. The molecule has 0 aliphatic rings. The molecule has 0 fully saturated rings. The van der Waals surface area contributed by atoms with Crippen LogP contribution in [0.5, 0.6) is 0 Å². The standard InChI is InChI=1S/C22H18N4/c23-22-24-19-8-4-5-9-21(19)26(22)18-10-11-20-17(14-18)12-13-25(20)15-16-6-2-1-3-7-16/h1-14H,15H2,(H2,23,24). The van der Waals surface area contributed by atoms with E-state index in [0.717, 1.165) is 23.3 Å². The quantitative estimate of drug-likeness (QED) is 0.522. The van der Waals surface area contributed by atoms with Crippen LogP contribution in [0.1, 0.15) is 5.56 Å². The topological polar surface area (TPSA) is 48.8 Å². The average Bonchev–Trinajstić information content (AvgIpc) is 3.22. The second-order valence-corrected chi connectivity index (χ2v) is 6.47. The zero-order chi connectivity index (χ0) is 17.5. The highest BCUT2D eigenvalue weighted by Crippen LogP contribution is 2.26. The molecule has 0 aliphatic heterocycles. The van der Waals surface area contributed by atoms with E-state index < -0.39 is 0 Å². The predicted octanol–water partition coefficient (Wildman–Crippen LogP) is 4.61. The number of benzene rings is 3. The van der Waals surface area contributed by atoms with Gasteiger partial charge in [0.25, 0.3) is 0 Å². The molecule has 2 heterocycles. The molecular weight excluding hydrogens is 320 g/mol. The van der Waals surface area contributed by atoms with E-state index in [1.54, 1.807) is 0 Å². The van der Waals surface area contributed by atoms with Crippen LogP contribution >= 0.6 is 0 Å². The van der Waals surface area contributed by atoms with Gasteiger partial charge < -0.3 is 10.3 Å². The maximum Gasteiger partial charge on any atom is 0.205 e. The number of nitrogens with two attached hydrogens (primary N) is 1. The molecule has 0 bridgehead atoms. The van der Waals surface area contributed by atoms with Crippen LogP contribution in [0.15, 0.2) is 85.1 Å². The second-order valence-electron chi connectivity index (χ2n) is 6.47. The summed E-state index contributed by atoms with van der Waals surface area (Å²) >= 11 is 0. The van der Waals surface area contributed by atoms with Crippen molar-refractivity contribution in [3.05, 3.63) is 90.6 Å². The third-order valence-electron chi connectivity index (χ3n) is 4.80. The Morgan fingerprint density at radius 1 is 0.808 bits per heavy atom. The van der Waals surface area contributed by atoms with E-state index in [0.29, 0.717) is 5.95 Å². The molecule has 0 saturated heterocycles. The van der Waals surface area contributed by atoms with Crippen molar-refractivity contribution in [2.24, 2.45) is 0 Å². The third-order valence-corrected chi connectivity index (χ3v) is 4.80. The van der Waals surface area contributed by atoms with Crippen molar-refractivity contribution in [1.82, 2.24) is 14.1 Å². The fourth-order valence-corrected chi connectivity index (χ4v) is 3.56. The molecule has 0 amide bonds. The minimum absolute atomic E-state index is 0.509. The highest BCUT2D eigenvalue weighted by atomic mass is 15.2. The number of fused-ring (bicyclic) bond motifs is 2. The van der Waals surface area contributed by atoms with Gasteiger partial charge in [-0.3, -0.25) is 4.57 Å². The van der Waals surface area contributed by atoms with Crippen molar-refractivity contribution in [2.45, 2.75) is 6.54 Å². The molecule has 3 aromatic carbocycles. The SMILES string of the molecule is Nc1nc2ccccc2n1-c1ccc2c(ccn2Cc2ccccc2)c1. The van der Waals surface area contributed by atoms with Gasteiger partial charge in [0.2, 0.25) is 5.95 Å². The van der Waals surface area contributed by atoms with Crippen LogP contribution < -0.4 is 5.73 Å². The lowest BCUT2D eigenvalue weighted by Gasteiger charge is -2.09. The fourth-order valence-electron chi connectivity index (χ4n) is 3.56. The second kappa shape index (κ2) is 5.77. The van der Waals surface area contributed by atoms with E-state index in [2.05, 4.69) is 64.3 Å². The molecule has 5 aromatic rings. The van der Waals surface area contributed by atoms with Gasteiger partial charge in [-0.1, -0.05) is 42.5 Å². The lowest BCUT2D eigenvalue weighted by molar-refractivity contribution is 0.837. The largest absolute Gasteiger partial charge is 0.369 e. The van der Waals surface area contributed by atoms with Crippen LogP contribution in [0.3, 0.4) is 0 Å². The first-order valence-electron chi connectivity index (χ1n) is 8.66. The van der Waals surface area contributed by atoms with E-state index in [4.69, 9.17) is 5.73 Å². The molecule has 0 atom stereocenters. The molecule has 0 saturated carbocycles. The van der Waals surface area contributed by atoms with Gasteiger partial charge in [-0.05, 0) is 42.0 Å². The monoisotopic (exact) mass is 338 g/mol. The Balaban J connectivity index is 1.60. The summed E-state index contributed by atoms with van der Waals surface area (Å²) in [6, 6.07) is 27.1. The summed E-state index contributed by atoms with van der Waals surface area (Å²) in [6.07, 6.45) is 2.14. The zero-order valence-corrected chi connectivity index (χ0v) is 14.2. The number of aromatic nitrogens is 3. The summed E-state index contributed by atoms with van der Waals surface area (Å²) in [5.74, 6) is 0.509. The van der Waals surface area contributed by atoms with E-state index >= 15 is 0 Å². The van der Waals surface area contributed by atoms with Gasteiger partial charge in [-0.2, -0.15) is 0 Å². The van der Waals surface area contributed by atoms with E-state index in [1.807, 2.05) is 34.9 Å². The van der Waals surface area contributed by atoms with E-state index in [9.17, 15) is 0 Å². The lowest BCUT2D eigenvalue weighted by atomic mass is 10.2. The van der Waals surface area contributed by atoms with Crippen LogP contribution in [0.25, 0.3) is 27.6 Å². The van der Waals surface area contributed by atoms with Gasteiger partial charge in [-0.15, -0.1) is 0 Å². The van der Waals surface area contributed by atoms with Crippen LogP contribution in [0.4, 0.5) is 5.95 Å². The molecule has 0 unspecified atom stereocenters. The average molecular weight is 338 g/mol. The Bertz CT molecular complexity index is 1220. The molecule has 4 nitrogen and oxygen atoms in total. The molecule has 4 heteroatoms. The Morgan fingerprint density at radius 2 is 1.62 bits per heavy atom. The van der Waals surface area contributed by atoms with Crippen molar-refractivity contribution < 1.29 is 0 Å². The number of nitrogens with zero attached hydrogens (tertiary/aromatic N) is 3. The van der Waals surface area contributed by atoms with E-state index in [-0.39, 0.29) is 0 Å². The fraction of sp³-hybridized carbons (Fsp3) is 0.0455. The number of anilines is 1. The number of nitrogen functional groups attached to an aromatic ring is 1. The first-order valence-corrected chi connectivity index (χ1v) is 8.66. The van der Waals surface area contributed by atoms with Crippen molar-refractivity contribution >= 4 is 27.9 Å². The first kappa shape index (κ1) is 14.8. The highest BCUT2D eigenvalue weighted by Gasteiger charge is 2.11. The number of rotatable bonds is 3. The van der Waals surface area contributed by atoms with Crippen molar-refractivity contribution in [3.8, 4) is 5.69 Å². The minimum Gasteiger partial charge on any atom is -0.369 e. The molecule has 5 rings (SSSR count). The van der Waals surface area contributed by atoms with Crippen LogP contribution in [-0.4, -0.2) is 14.1 Å². The predicted molar refractivity (Wildman–Crippen MR) is 107 cm³/mol. The molecule has 126 valence electrons. The summed E-state index contributed by atoms with van der Waals surface area (Å²) in [4.78, 5) is 4.47. The maximum absolute atomic E-state index is 6.18. The number of hydrogen-bond acceptors (Lipinski definition) is 2. The summed E-state index contributed by atoms with van der Waals surface area (Å²) in [6.45, 7) is 0.861. The van der Waals surface area contributed by atoms with Crippen LogP contribution in [0.2, 0.25) is 0 Å². The Kier molecular flexibility index (Phi) is 3.28. The summed E-state index contributed by atoms with van der Waals surface area (Å²) in [5, 5.41) is 1.19. The van der Waals surface area contributed by atoms with Gasteiger partial charge in [-0.25, -0.2) is 4.98 Å². The molecule has 26 heavy (non-hydrogen) atoms. The highest BCUT2D eigenvalue weighted by molar-refractivity contribution is 5.85. The third kappa shape index (κ3) is 2.35. The van der Waals surface area contributed by atoms with Gasteiger partial charge in [0.1, 0.15) is 0 Å². The molecular formula is C22H18N4. The van der Waals surface area contributed by atoms with E-state index in [1.165, 1.54) is 16.5 Å². The van der Waals surface area contributed by atoms with Gasteiger partial charge in [0.15, 0.2) is 0 Å². The van der Waals surface area contributed by atoms with Gasteiger partial charge in [0.05, 0.1) is 11.0 Å². The minimum atomic E-state index is 0.509. The Labute approximate surface area is 151 Å². The van der Waals surface area contributed by atoms with Crippen molar-refractivity contribution in [1.29, 1.82) is 0 Å². The molecule has 0 aliphatic carbocycles. The Hall–Kier alpha value is -3.53.